The van der Waals surface area contributed by atoms with Crippen LogP contribution in [0.2, 0.25) is 0 Å². The van der Waals surface area contributed by atoms with Crippen LogP contribution in [0.1, 0.15) is 0 Å². The van der Waals surface area contributed by atoms with Crippen LogP contribution in [-0.2, 0) is 0 Å². The summed E-state index contributed by atoms with van der Waals surface area (Å²) in [5.41, 5.74) is 1.07. The van der Waals surface area contributed by atoms with E-state index in [1.807, 2.05) is 60.7 Å². The highest BCUT2D eigenvalue weighted by Gasteiger charge is 2.27. The van der Waals surface area contributed by atoms with E-state index in [1.165, 1.54) is 12.7 Å². The minimum atomic E-state index is -0.537. The lowest BCUT2D eigenvalue weighted by Gasteiger charge is -2.10. The van der Waals surface area contributed by atoms with Crippen LogP contribution in [-0.4, -0.2) is 24.4 Å². The van der Waals surface area contributed by atoms with Gasteiger partial charge in [-0.05, 0) is 23.6 Å². The zero-order chi connectivity index (χ0) is 19.8. The SMILES string of the molecule is O=[N+]([O-])c1c(Oc2cccc3ccccc23)ncnc1-n1cnc2ccccc21. The number of nitrogens with zero attached hydrogens (tertiary/aromatic N) is 5. The Morgan fingerprint density at radius 3 is 2.59 bits per heavy atom. The van der Waals surface area contributed by atoms with E-state index >= 15 is 0 Å². The molecule has 5 rings (SSSR count). The zero-order valence-electron chi connectivity index (χ0n) is 15.0. The number of nitro groups is 1. The van der Waals surface area contributed by atoms with Gasteiger partial charge in [-0.1, -0.05) is 48.5 Å². The molecule has 0 saturated carbocycles. The van der Waals surface area contributed by atoms with Crippen molar-refractivity contribution in [1.29, 1.82) is 0 Å². The fraction of sp³-hybridized carbons (Fsp3) is 0. The molecule has 0 aliphatic heterocycles. The first-order chi connectivity index (χ1) is 14.2. The van der Waals surface area contributed by atoms with E-state index in [2.05, 4.69) is 15.0 Å². The summed E-state index contributed by atoms with van der Waals surface area (Å²) in [5, 5.41) is 13.7. The molecular weight excluding hydrogens is 370 g/mol. The lowest BCUT2D eigenvalue weighted by Crippen LogP contribution is -2.05. The van der Waals surface area contributed by atoms with E-state index < -0.39 is 4.92 Å². The molecule has 0 amide bonds. The molecule has 29 heavy (non-hydrogen) atoms. The number of para-hydroxylation sites is 2. The Morgan fingerprint density at radius 2 is 1.69 bits per heavy atom. The van der Waals surface area contributed by atoms with Crippen LogP contribution in [0.4, 0.5) is 5.69 Å². The Hall–Kier alpha value is -4.33. The summed E-state index contributed by atoms with van der Waals surface area (Å²) in [6.07, 6.45) is 2.75. The highest BCUT2D eigenvalue weighted by atomic mass is 16.6. The Labute approximate surface area is 164 Å². The summed E-state index contributed by atoms with van der Waals surface area (Å²) in [5.74, 6) is 0.439. The number of ether oxygens (including phenoxy) is 1. The second-order valence-electron chi connectivity index (χ2n) is 6.29. The van der Waals surface area contributed by atoms with Gasteiger partial charge in [0, 0.05) is 5.39 Å². The molecule has 8 nitrogen and oxygen atoms in total. The lowest BCUT2D eigenvalue weighted by atomic mass is 10.1. The van der Waals surface area contributed by atoms with Crippen molar-refractivity contribution in [2.24, 2.45) is 0 Å². The van der Waals surface area contributed by atoms with Crippen LogP contribution < -0.4 is 4.74 Å². The van der Waals surface area contributed by atoms with Gasteiger partial charge in [-0.2, -0.15) is 4.98 Å². The molecule has 0 unspecified atom stereocenters. The fourth-order valence-corrected chi connectivity index (χ4v) is 3.28. The van der Waals surface area contributed by atoms with Gasteiger partial charge in [-0.15, -0.1) is 0 Å². The van der Waals surface area contributed by atoms with E-state index in [1.54, 1.807) is 10.6 Å². The maximum Gasteiger partial charge on any atom is 0.374 e. The molecule has 0 spiro atoms. The molecule has 2 aromatic heterocycles. The summed E-state index contributed by atoms with van der Waals surface area (Å²) in [6, 6.07) is 20.5. The summed E-state index contributed by atoms with van der Waals surface area (Å²) in [7, 11) is 0. The first-order valence-corrected chi connectivity index (χ1v) is 8.80. The Morgan fingerprint density at radius 1 is 0.897 bits per heavy atom. The molecule has 3 aromatic carbocycles. The van der Waals surface area contributed by atoms with Gasteiger partial charge in [0.25, 0.3) is 0 Å². The minimum absolute atomic E-state index is 0.0916. The van der Waals surface area contributed by atoms with E-state index in [9.17, 15) is 10.1 Å². The van der Waals surface area contributed by atoms with E-state index in [-0.39, 0.29) is 17.4 Å². The molecule has 0 N–H and O–H groups in total. The molecular formula is C21H13N5O3. The monoisotopic (exact) mass is 383 g/mol. The third kappa shape index (κ3) is 2.83. The van der Waals surface area contributed by atoms with Crippen LogP contribution in [0, 0.1) is 10.1 Å². The number of hydrogen-bond donors (Lipinski definition) is 0. The predicted molar refractivity (Wildman–Crippen MR) is 107 cm³/mol. The molecule has 8 heteroatoms. The summed E-state index contributed by atoms with van der Waals surface area (Å²) >= 11 is 0. The third-order valence-electron chi connectivity index (χ3n) is 4.59. The van der Waals surface area contributed by atoms with Crippen LogP contribution in [0.15, 0.2) is 79.4 Å². The predicted octanol–water partition coefficient (Wildman–Crippen LogP) is 4.67. The van der Waals surface area contributed by atoms with Crippen molar-refractivity contribution in [3.8, 4) is 17.4 Å². The third-order valence-corrected chi connectivity index (χ3v) is 4.59. The van der Waals surface area contributed by atoms with Crippen molar-refractivity contribution in [2.75, 3.05) is 0 Å². The Kier molecular flexibility index (Phi) is 3.87. The summed E-state index contributed by atoms with van der Waals surface area (Å²) in [6.45, 7) is 0. The van der Waals surface area contributed by atoms with Crippen LogP contribution in [0.5, 0.6) is 11.6 Å². The number of aromatic nitrogens is 4. The number of rotatable bonds is 4. The first-order valence-electron chi connectivity index (χ1n) is 8.80. The molecule has 0 radical (unpaired) electrons. The Balaban J connectivity index is 1.68. The standard InChI is InChI=1S/C21H13N5O3/c27-26(28)19-20(25-13-24-16-9-3-4-10-17(16)25)22-12-23-21(19)29-18-11-5-7-14-6-1-2-8-15(14)18/h1-13H. The number of benzene rings is 3. The molecule has 0 atom stereocenters. The highest BCUT2D eigenvalue weighted by molar-refractivity contribution is 5.88. The molecule has 0 aliphatic carbocycles. The van der Waals surface area contributed by atoms with Gasteiger partial charge in [0.15, 0.2) is 0 Å². The zero-order valence-corrected chi connectivity index (χ0v) is 15.0. The average Bonchev–Trinajstić information content (AvgIpc) is 3.18. The van der Waals surface area contributed by atoms with Crippen molar-refractivity contribution >= 4 is 27.5 Å². The van der Waals surface area contributed by atoms with Crippen molar-refractivity contribution in [1.82, 2.24) is 19.5 Å². The van der Waals surface area contributed by atoms with Gasteiger partial charge in [0.1, 0.15) is 18.4 Å². The number of imidazole rings is 1. The summed E-state index contributed by atoms with van der Waals surface area (Å²) in [4.78, 5) is 23.9. The van der Waals surface area contributed by atoms with Gasteiger partial charge >= 0.3 is 11.6 Å². The fourth-order valence-electron chi connectivity index (χ4n) is 3.28. The molecule has 2 heterocycles. The van der Waals surface area contributed by atoms with Crippen LogP contribution >= 0.6 is 0 Å². The quantitative estimate of drug-likeness (QED) is 0.330. The van der Waals surface area contributed by atoms with Gasteiger partial charge in [-0.3, -0.25) is 14.7 Å². The van der Waals surface area contributed by atoms with Gasteiger partial charge in [-0.25, -0.2) is 9.97 Å². The van der Waals surface area contributed by atoms with Crippen molar-refractivity contribution in [3.05, 3.63) is 89.5 Å². The molecule has 0 aliphatic rings. The molecule has 0 saturated heterocycles. The Bertz CT molecular complexity index is 1370. The second-order valence-corrected chi connectivity index (χ2v) is 6.29. The molecule has 5 aromatic rings. The van der Waals surface area contributed by atoms with Gasteiger partial charge < -0.3 is 4.74 Å². The van der Waals surface area contributed by atoms with Crippen LogP contribution in [0.25, 0.3) is 27.6 Å². The average molecular weight is 383 g/mol. The second kappa shape index (κ2) is 6.68. The smallest absolute Gasteiger partial charge is 0.374 e. The highest BCUT2D eigenvalue weighted by Crippen LogP contribution is 2.36. The molecule has 0 bridgehead atoms. The van der Waals surface area contributed by atoms with E-state index in [4.69, 9.17) is 4.74 Å². The maximum atomic E-state index is 11.9. The van der Waals surface area contributed by atoms with E-state index in [0.29, 0.717) is 16.8 Å². The molecule has 140 valence electrons. The number of fused-ring (bicyclic) bond motifs is 2. The minimum Gasteiger partial charge on any atom is -0.433 e. The topological polar surface area (TPSA) is 96.0 Å². The van der Waals surface area contributed by atoms with Crippen LogP contribution in [0.3, 0.4) is 0 Å². The van der Waals surface area contributed by atoms with Crippen molar-refractivity contribution in [3.63, 3.8) is 0 Å². The van der Waals surface area contributed by atoms with Crippen molar-refractivity contribution < 1.29 is 9.66 Å². The first kappa shape index (κ1) is 16.8. The normalized spacial score (nSPS) is 11.0. The van der Waals surface area contributed by atoms with Crippen molar-refractivity contribution in [2.45, 2.75) is 0 Å². The van der Waals surface area contributed by atoms with Gasteiger partial charge in [0.2, 0.25) is 5.82 Å². The van der Waals surface area contributed by atoms with E-state index in [0.717, 1.165) is 10.8 Å². The van der Waals surface area contributed by atoms with Gasteiger partial charge in [0.05, 0.1) is 16.0 Å². The largest absolute Gasteiger partial charge is 0.433 e. The lowest BCUT2D eigenvalue weighted by molar-refractivity contribution is -0.386. The summed E-state index contributed by atoms with van der Waals surface area (Å²) < 4.78 is 7.47. The number of hydrogen-bond acceptors (Lipinski definition) is 6. The molecule has 0 fully saturated rings. The maximum absolute atomic E-state index is 11.9.